The smallest absolute Gasteiger partial charge is 0.295 e. The largest absolute Gasteiger partial charge is 0.316 e. The van der Waals surface area contributed by atoms with Crippen molar-refractivity contribution in [2.45, 2.75) is 6.92 Å². The number of hydrogen-bond donors (Lipinski definition) is 1. The number of benzene rings is 2. The number of carbonyl (C=O) groups excluding carboxylic acids is 1. The highest BCUT2D eigenvalue weighted by Crippen LogP contribution is 2.20. The molecular weight excluding hydrogens is 453 g/mol. The summed E-state index contributed by atoms with van der Waals surface area (Å²) in [5, 5.41) is 3.21. The Morgan fingerprint density at radius 2 is 1.84 bits per heavy atom. The van der Waals surface area contributed by atoms with Gasteiger partial charge in [0.15, 0.2) is 0 Å². The van der Waals surface area contributed by atoms with E-state index >= 15 is 0 Å². The molecule has 0 radical (unpaired) electrons. The molecule has 0 aliphatic rings. The van der Waals surface area contributed by atoms with Crippen LogP contribution in [0.5, 0.6) is 0 Å². The first kappa shape index (κ1) is 17.8. The van der Waals surface area contributed by atoms with Crippen molar-refractivity contribution >= 4 is 45.8 Å². The average Bonchev–Trinajstić information content (AvgIpc) is 2.81. The number of halogens is 2. The summed E-state index contributed by atoms with van der Waals surface area (Å²) in [7, 11) is 1.78. The number of carbonyl (C=O) groups is 1. The van der Waals surface area contributed by atoms with Gasteiger partial charge in [0.2, 0.25) is 0 Å². The molecule has 0 fully saturated rings. The molecule has 25 heavy (non-hydrogen) atoms. The number of amides is 1. The molecule has 2 aromatic carbocycles. The highest BCUT2D eigenvalue weighted by molar-refractivity contribution is 14.1. The molecule has 1 amide bonds. The minimum Gasteiger partial charge on any atom is -0.316 e. The van der Waals surface area contributed by atoms with E-state index in [1.807, 2.05) is 30.3 Å². The third-order valence-corrected chi connectivity index (χ3v) is 5.14. The van der Waals surface area contributed by atoms with E-state index in [0.29, 0.717) is 16.3 Å². The number of nitrogens with zero attached hydrogens (tertiary/aromatic N) is 2. The van der Waals surface area contributed by atoms with Crippen molar-refractivity contribution in [1.29, 1.82) is 0 Å². The van der Waals surface area contributed by atoms with E-state index in [9.17, 15) is 9.59 Å². The van der Waals surface area contributed by atoms with E-state index in [2.05, 4.69) is 27.9 Å². The highest BCUT2D eigenvalue weighted by atomic mass is 127. The molecule has 1 heterocycles. The molecule has 1 N–H and O–H groups in total. The molecule has 0 unspecified atom stereocenters. The SMILES string of the molecule is Cc1c(NC(=O)c2cc(Cl)ccc2I)c(=O)n(-c2ccccc2)n1C. The van der Waals surface area contributed by atoms with E-state index in [-0.39, 0.29) is 17.2 Å². The third kappa shape index (κ3) is 3.36. The van der Waals surface area contributed by atoms with E-state index in [1.165, 1.54) is 4.68 Å². The first-order valence-electron chi connectivity index (χ1n) is 7.50. The summed E-state index contributed by atoms with van der Waals surface area (Å²) in [5.41, 5.74) is 1.81. The van der Waals surface area contributed by atoms with E-state index < -0.39 is 0 Å². The second-order valence-electron chi connectivity index (χ2n) is 5.51. The minimum atomic E-state index is -0.363. The lowest BCUT2D eigenvalue weighted by Gasteiger charge is -2.07. The fourth-order valence-electron chi connectivity index (χ4n) is 2.56. The van der Waals surface area contributed by atoms with E-state index in [4.69, 9.17) is 11.6 Å². The molecule has 0 bridgehead atoms. The first-order valence-corrected chi connectivity index (χ1v) is 8.96. The number of anilines is 1. The maximum absolute atomic E-state index is 12.8. The van der Waals surface area contributed by atoms with Gasteiger partial charge < -0.3 is 5.32 Å². The van der Waals surface area contributed by atoms with Gasteiger partial charge in [-0.15, -0.1) is 0 Å². The quantitative estimate of drug-likeness (QED) is 0.592. The van der Waals surface area contributed by atoms with E-state index in [0.717, 1.165) is 9.26 Å². The van der Waals surface area contributed by atoms with Crippen LogP contribution in [0, 0.1) is 10.5 Å². The van der Waals surface area contributed by atoms with Gasteiger partial charge >= 0.3 is 0 Å². The molecule has 3 aromatic rings. The Balaban J connectivity index is 2.03. The summed E-state index contributed by atoms with van der Waals surface area (Å²) < 4.78 is 4.00. The lowest BCUT2D eigenvalue weighted by molar-refractivity contribution is 0.102. The number of nitrogens with one attached hydrogen (secondary N) is 1. The summed E-state index contributed by atoms with van der Waals surface area (Å²) in [6.07, 6.45) is 0. The Bertz CT molecular complexity index is 1010. The molecule has 1 aromatic heterocycles. The van der Waals surface area contributed by atoms with Crippen LogP contribution in [-0.4, -0.2) is 15.3 Å². The fraction of sp³-hybridized carbons (Fsp3) is 0.111. The van der Waals surface area contributed by atoms with E-state index in [1.54, 1.807) is 36.9 Å². The van der Waals surface area contributed by atoms with Gasteiger partial charge in [0.25, 0.3) is 11.5 Å². The monoisotopic (exact) mass is 467 g/mol. The number of para-hydroxylation sites is 1. The zero-order valence-corrected chi connectivity index (χ0v) is 16.5. The van der Waals surface area contributed by atoms with Gasteiger partial charge in [-0.3, -0.25) is 14.3 Å². The van der Waals surface area contributed by atoms with Gasteiger partial charge in [0.05, 0.1) is 16.9 Å². The van der Waals surface area contributed by atoms with Crippen molar-refractivity contribution in [3.63, 3.8) is 0 Å². The molecule has 0 saturated carbocycles. The minimum absolute atomic E-state index is 0.257. The van der Waals surface area contributed by atoms with Crippen LogP contribution in [0.15, 0.2) is 53.3 Å². The zero-order valence-electron chi connectivity index (χ0n) is 13.6. The molecular formula is C18H15ClIN3O2. The third-order valence-electron chi connectivity index (χ3n) is 3.97. The molecule has 128 valence electrons. The van der Waals surface area contributed by atoms with Crippen LogP contribution in [0.25, 0.3) is 5.69 Å². The summed E-state index contributed by atoms with van der Waals surface area (Å²) in [5.74, 6) is -0.363. The number of hydrogen-bond acceptors (Lipinski definition) is 2. The second-order valence-corrected chi connectivity index (χ2v) is 7.11. The summed E-state index contributed by atoms with van der Waals surface area (Å²) >= 11 is 8.05. The van der Waals surface area contributed by atoms with Crippen molar-refractivity contribution in [3.8, 4) is 5.69 Å². The molecule has 7 heteroatoms. The first-order chi connectivity index (χ1) is 11.9. The standard InChI is InChI=1S/C18H15ClIN3O2/c1-11-16(21-17(24)14-10-12(19)8-9-15(14)20)18(25)23(22(11)2)13-6-4-3-5-7-13/h3-10H,1-2H3,(H,21,24). The highest BCUT2D eigenvalue weighted by Gasteiger charge is 2.19. The normalized spacial score (nSPS) is 10.7. The Labute approximate surface area is 163 Å². The van der Waals surface area contributed by atoms with Crippen LogP contribution < -0.4 is 10.9 Å². The summed E-state index contributed by atoms with van der Waals surface area (Å²) in [6, 6.07) is 14.3. The summed E-state index contributed by atoms with van der Waals surface area (Å²) in [6.45, 7) is 1.79. The lowest BCUT2D eigenvalue weighted by Crippen LogP contribution is -2.23. The molecule has 3 rings (SSSR count). The maximum atomic E-state index is 12.8. The maximum Gasteiger partial charge on any atom is 0.295 e. The zero-order chi connectivity index (χ0) is 18.1. The Hall–Kier alpha value is -2.06. The van der Waals surface area contributed by atoms with Crippen molar-refractivity contribution in [2.75, 3.05) is 5.32 Å². The molecule has 0 atom stereocenters. The van der Waals surface area contributed by atoms with Crippen molar-refractivity contribution < 1.29 is 4.79 Å². The molecule has 5 nitrogen and oxygen atoms in total. The molecule has 0 spiro atoms. The van der Waals surface area contributed by atoms with Gasteiger partial charge in [0, 0.05) is 15.6 Å². The van der Waals surface area contributed by atoms with Crippen LogP contribution in [0.2, 0.25) is 5.02 Å². The van der Waals surface area contributed by atoms with Gasteiger partial charge in [-0.25, -0.2) is 4.68 Å². The number of aromatic nitrogens is 2. The van der Waals surface area contributed by atoms with Crippen LogP contribution in [-0.2, 0) is 7.05 Å². The fourth-order valence-corrected chi connectivity index (χ4v) is 3.32. The predicted octanol–water partition coefficient (Wildman–Crippen LogP) is 3.99. The van der Waals surface area contributed by atoms with Crippen molar-refractivity contribution in [2.24, 2.45) is 7.05 Å². The summed E-state index contributed by atoms with van der Waals surface area (Å²) in [4.78, 5) is 25.4. The Morgan fingerprint density at radius 1 is 1.16 bits per heavy atom. The van der Waals surface area contributed by atoms with Gasteiger partial charge in [0.1, 0.15) is 5.69 Å². The van der Waals surface area contributed by atoms with Crippen LogP contribution >= 0.6 is 34.2 Å². The molecule has 0 saturated heterocycles. The molecule has 0 aliphatic heterocycles. The topological polar surface area (TPSA) is 56.0 Å². The van der Waals surface area contributed by atoms with Gasteiger partial charge in [-0.1, -0.05) is 29.8 Å². The van der Waals surface area contributed by atoms with Gasteiger partial charge in [-0.2, -0.15) is 0 Å². The van der Waals surface area contributed by atoms with Gasteiger partial charge in [-0.05, 0) is 59.8 Å². The average molecular weight is 468 g/mol. The Morgan fingerprint density at radius 3 is 2.52 bits per heavy atom. The molecule has 0 aliphatic carbocycles. The van der Waals surface area contributed by atoms with Crippen molar-refractivity contribution in [3.05, 3.63) is 78.7 Å². The van der Waals surface area contributed by atoms with Crippen LogP contribution in [0.4, 0.5) is 5.69 Å². The Kier molecular flexibility index (Phi) is 5.01. The van der Waals surface area contributed by atoms with Crippen LogP contribution in [0.1, 0.15) is 16.1 Å². The van der Waals surface area contributed by atoms with Crippen LogP contribution in [0.3, 0.4) is 0 Å². The van der Waals surface area contributed by atoms with Crippen molar-refractivity contribution in [1.82, 2.24) is 9.36 Å². The lowest BCUT2D eigenvalue weighted by atomic mass is 10.2. The second kappa shape index (κ2) is 7.05. The number of rotatable bonds is 3. The predicted molar refractivity (Wildman–Crippen MR) is 108 cm³/mol.